The zero-order chi connectivity index (χ0) is 23.8. The normalized spacial score (nSPS) is 17.0. The molecule has 2 aromatic heterocycles. The predicted octanol–water partition coefficient (Wildman–Crippen LogP) is 9.74. The van der Waals surface area contributed by atoms with Crippen molar-refractivity contribution >= 4 is 42.3 Å². The Labute approximate surface area is 206 Å². The van der Waals surface area contributed by atoms with Gasteiger partial charge in [0.1, 0.15) is 0 Å². The smallest absolute Gasteiger partial charge is 0.0880 e. The number of rotatable bonds is 2. The summed E-state index contributed by atoms with van der Waals surface area (Å²) in [6, 6.07) is 20.5. The van der Waals surface area contributed by atoms with Crippen molar-refractivity contribution in [1.82, 2.24) is 4.98 Å². The average molecular weight is 464 g/mol. The van der Waals surface area contributed by atoms with Crippen LogP contribution in [0.5, 0.6) is 0 Å². The first-order valence-corrected chi connectivity index (χ1v) is 13.4. The highest BCUT2D eigenvalue weighted by molar-refractivity contribution is 7.26. The Morgan fingerprint density at radius 2 is 1.53 bits per heavy atom. The van der Waals surface area contributed by atoms with Crippen LogP contribution in [0.3, 0.4) is 0 Å². The topological polar surface area (TPSA) is 12.9 Å². The molecule has 3 aromatic carbocycles. The largest absolute Gasteiger partial charge is 0.255 e. The van der Waals surface area contributed by atoms with Crippen LogP contribution < -0.4 is 0 Å². The quantitative estimate of drug-likeness (QED) is 0.254. The van der Waals surface area contributed by atoms with Crippen molar-refractivity contribution in [2.24, 2.45) is 0 Å². The van der Waals surface area contributed by atoms with Crippen LogP contribution in [0.1, 0.15) is 77.0 Å². The van der Waals surface area contributed by atoms with Gasteiger partial charge in [0, 0.05) is 27.2 Å². The third kappa shape index (κ3) is 3.15. The fraction of sp³-hybridized carbons (Fsp3) is 0.344. The number of hydrogen-bond acceptors (Lipinski definition) is 2. The lowest BCUT2D eigenvalue weighted by atomic mass is 9.63. The Morgan fingerprint density at radius 3 is 2.32 bits per heavy atom. The molecule has 1 nitrogen and oxygen atoms in total. The van der Waals surface area contributed by atoms with Gasteiger partial charge >= 0.3 is 0 Å². The summed E-state index contributed by atoms with van der Waals surface area (Å²) >= 11 is 1.96. The summed E-state index contributed by atoms with van der Waals surface area (Å²) in [4.78, 5) is 4.97. The molecule has 0 bridgehead atoms. The van der Waals surface area contributed by atoms with Crippen LogP contribution >= 0.6 is 11.3 Å². The van der Waals surface area contributed by atoms with Crippen molar-refractivity contribution in [2.75, 3.05) is 0 Å². The molecule has 0 fully saturated rings. The van der Waals surface area contributed by atoms with Gasteiger partial charge in [-0.25, -0.2) is 0 Å². The van der Waals surface area contributed by atoms with E-state index in [-0.39, 0.29) is 10.8 Å². The SMILES string of the molecule is CC(C)c1cc(-c2nccc3c2sc2c4c(ccc23)C(C)(C)CCC4(C)C)cc2ccccc12. The summed E-state index contributed by atoms with van der Waals surface area (Å²) in [5, 5.41) is 5.37. The van der Waals surface area contributed by atoms with Crippen LogP contribution in [0.2, 0.25) is 0 Å². The predicted molar refractivity (Wildman–Crippen MR) is 149 cm³/mol. The third-order valence-electron chi connectivity index (χ3n) is 8.13. The Bertz CT molecular complexity index is 1580. The van der Waals surface area contributed by atoms with Gasteiger partial charge in [0.25, 0.3) is 0 Å². The Balaban J connectivity index is 1.68. The van der Waals surface area contributed by atoms with Crippen LogP contribution in [0.15, 0.2) is 60.8 Å². The van der Waals surface area contributed by atoms with E-state index in [0.717, 1.165) is 5.69 Å². The molecule has 0 atom stereocenters. The summed E-state index contributed by atoms with van der Waals surface area (Å²) in [7, 11) is 0. The third-order valence-corrected chi connectivity index (χ3v) is 9.37. The molecule has 0 saturated carbocycles. The number of thiophene rings is 1. The molecule has 0 saturated heterocycles. The number of pyridine rings is 1. The molecule has 2 heteroatoms. The van der Waals surface area contributed by atoms with Gasteiger partial charge in [-0.3, -0.25) is 4.98 Å². The first kappa shape index (κ1) is 21.8. The fourth-order valence-electron chi connectivity index (χ4n) is 6.05. The summed E-state index contributed by atoms with van der Waals surface area (Å²) in [5.74, 6) is 0.460. The van der Waals surface area contributed by atoms with Crippen molar-refractivity contribution in [2.45, 2.75) is 71.1 Å². The fourth-order valence-corrected chi connectivity index (χ4v) is 7.58. The molecule has 0 amide bonds. The maximum atomic E-state index is 4.97. The van der Waals surface area contributed by atoms with Crippen LogP contribution in [0.4, 0.5) is 0 Å². The summed E-state index contributed by atoms with van der Waals surface area (Å²) in [6.07, 6.45) is 4.47. The van der Waals surface area contributed by atoms with Crippen LogP contribution in [0.25, 0.3) is 42.2 Å². The minimum absolute atomic E-state index is 0.187. The molecule has 34 heavy (non-hydrogen) atoms. The minimum Gasteiger partial charge on any atom is -0.255 e. The van der Waals surface area contributed by atoms with Gasteiger partial charge in [-0.15, -0.1) is 11.3 Å². The first-order chi connectivity index (χ1) is 16.2. The number of benzene rings is 3. The number of aromatic nitrogens is 1. The van der Waals surface area contributed by atoms with Crippen molar-refractivity contribution in [1.29, 1.82) is 0 Å². The number of hydrogen-bond donors (Lipinski definition) is 0. The maximum Gasteiger partial charge on any atom is 0.0880 e. The molecule has 0 spiro atoms. The van der Waals surface area contributed by atoms with E-state index < -0.39 is 0 Å². The van der Waals surface area contributed by atoms with Crippen molar-refractivity contribution in [3.63, 3.8) is 0 Å². The van der Waals surface area contributed by atoms with E-state index in [0.29, 0.717) is 5.92 Å². The van der Waals surface area contributed by atoms with E-state index in [1.807, 2.05) is 17.5 Å². The average Bonchev–Trinajstić information content (AvgIpc) is 3.19. The van der Waals surface area contributed by atoms with Gasteiger partial charge < -0.3 is 0 Å². The van der Waals surface area contributed by atoms with Gasteiger partial charge in [0.15, 0.2) is 0 Å². The van der Waals surface area contributed by atoms with Gasteiger partial charge in [-0.05, 0) is 75.3 Å². The Morgan fingerprint density at radius 1 is 0.794 bits per heavy atom. The molecule has 1 aliphatic carbocycles. The van der Waals surface area contributed by atoms with Crippen molar-refractivity contribution in [3.05, 3.63) is 77.5 Å². The van der Waals surface area contributed by atoms with Crippen molar-refractivity contribution in [3.8, 4) is 11.3 Å². The maximum absolute atomic E-state index is 4.97. The van der Waals surface area contributed by atoms with Gasteiger partial charge in [-0.1, -0.05) is 77.9 Å². The minimum atomic E-state index is 0.187. The second kappa shape index (κ2) is 7.39. The Hall–Kier alpha value is -2.71. The van der Waals surface area contributed by atoms with Gasteiger partial charge in [0.05, 0.1) is 10.4 Å². The second-order valence-electron chi connectivity index (χ2n) is 11.7. The molecule has 0 unspecified atom stereocenters. The molecular weight excluding hydrogens is 430 g/mol. The molecule has 0 aliphatic heterocycles. The first-order valence-electron chi connectivity index (χ1n) is 12.6. The highest BCUT2D eigenvalue weighted by Crippen LogP contribution is 2.52. The second-order valence-corrected chi connectivity index (χ2v) is 12.7. The van der Waals surface area contributed by atoms with Gasteiger partial charge in [-0.2, -0.15) is 0 Å². The van der Waals surface area contributed by atoms with E-state index >= 15 is 0 Å². The highest BCUT2D eigenvalue weighted by Gasteiger charge is 2.38. The van der Waals surface area contributed by atoms with E-state index in [1.165, 1.54) is 60.5 Å². The molecule has 6 rings (SSSR count). The number of fused-ring (bicyclic) bond motifs is 6. The zero-order valence-corrected chi connectivity index (χ0v) is 21.9. The lowest BCUT2D eigenvalue weighted by molar-refractivity contribution is 0.335. The van der Waals surface area contributed by atoms with Crippen molar-refractivity contribution < 1.29 is 0 Å². The number of nitrogens with zero attached hydrogens (tertiary/aromatic N) is 1. The van der Waals surface area contributed by atoms with E-state index in [2.05, 4.69) is 96.1 Å². The van der Waals surface area contributed by atoms with Gasteiger partial charge in [0.2, 0.25) is 0 Å². The monoisotopic (exact) mass is 463 g/mol. The zero-order valence-electron chi connectivity index (χ0n) is 21.1. The Kier molecular flexibility index (Phi) is 4.74. The van der Waals surface area contributed by atoms with Crippen LogP contribution in [-0.4, -0.2) is 4.98 Å². The lowest BCUT2D eigenvalue weighted by Crippen LogP contribution is -2.33. The van der Waals surface area contributed by atoms with Crippen LogP contribution in [-0.2, 0) is 10.8 Å². The standard InChI is InChI=1S/C32H33NS/c1-19(2)25-18-21(17-20-9-7-8-10-22(20)25)28-30-24(13-16-33-28)23-11-12-26-27(29(23)34-30)32(5,6)15-14-31(26,3)4/h7-13,16-19H,14-15H2,1-6H3. The molecule has 5 aromatic rings. The molecule has 0 N–H and O–H groups in total. The highest BCUT2D eigenvalue weighted by atomic mass is 32.1. The molecule has 0 radical (unpaired) electrons. The summed E-state index contributed by atoms with van der Waals surface area (Å²) in [5.41, 5.74) is 7.25. The van der Waals surface area contributed by atoms with E-state index in [1.54, 1.807) is 5.56 Å². The molecule has 172 valence electrons. The summed E-state index contributed by atoms with van der Waals surface area (Å²) < 4.78 is 2.78. The lowest BCUT2D eigenvalue weighted by Gasteiger charge is -2.42. The van der Waals surface area contributed by atoms with E-state index in [9.17, 15) is 0 Å². The van der Waals surface area contributed by atoms with Crippen LogP contribution in [0, 0.1) is 0 Å². The molecule has 1 aliphatic rings. The van der Waals surface area contributed by atoms with E-state index in [4.69, 9.17) is 4.98 Å². The molecule has 2 heterocycles. The summed E-state index contributed by atoms with van der Waals surface area (Å²) in [6.45, 7) is 14.3. The molecular formula is C32H33NS.